The minimum absolute atomic E-state index is 0.00143. The standard InChI is InChI=1S/C25H29Cl2N7O5S/c1-34-21-15(19(32-34)10-4-11-28-25-29-12-5-13-30-25)6-2-7-16(21)23(35)31-14-20(24(36)37)33-40(38,39)22-17(26)8-3-9-18(22)27/h2-3,5-9,12,20,25,28-30,33H,4,10-11,13-14H2,1H3,(H,31,35)(H,36,37). The number of carbonyl (C=O) groups excluding carboxylic acids is 1. The average Bonchev–Trinajstić information content (AvgIpc) is 3.24. The van der Waals surface area contributed by atoms with Crippen LogP contribution in [0.4, 0.5) is 0 Å². The summed E-state index contributed by atoms with van der Waals surface area (Å²) in [6.07, 6.45) is 5.37. The maximum atomic E-state index is 13.1. The lowest BCUT2D eigenvalue weighted by Crippen LogP contribution is -2.53. The molecule has 0 aliphatic carbocycles. The van der Waals surface area contributed by atoms with E-state index in [1.165, 1.54) is 18.2 Å². The van der Waals surface area contributed by atoms with Crippen molar-refractivity contribution in [2.75, 3.05) is 19.6 Å². The molecule has 0 spiro atoms. The van der Waals surface area contributed by atoms with Crippen LogP contribution in [0.3, 0.4) is 0 Å². The average molecular weight is 611 g/mol. The molecule has 214 valence electrons. The number of carbonyl (C=O) groups is 2. The number of fused-ring (bicyclic) bond motifs is 1. The summed E-state index contributed by atoms with van der Waals surface area (Å²) in [5, 5.41) is 27.0. The first-order valence-electron chi connectivity index (χ1n) is 12.4. The van der Waals surface area contributed by atoms with Gasteiger partial charge in [-0.2, -0.15) is 9.82 Å². The topological polar surface area (TPSA) is 166 Å². The predicted molar refractivity (Wildman–Crippen MR) is 152 cm³/mol. The Morgan fingerprint density at radius 3 is 2.60 bits per heavy atom. The number of sulfonamides is 1. The molecule has 3 aromatic rings. The molecule has 2 unspecified atom stereocenters. The number of aliphatic carboxylic acids is 1. The summed E-state index contributed by atoms with van der Waals surface area (Å²) in [7, 11) is -2.68. The van der Waals surface area contributed by atoms with E-state index < -0.39 is 39.4 Å². The third-order valence-corrected chi connectivity index (χ3v) is 8.62. The Bertz CT molecular complexity index is 1520. The van der Waals surface area contributed by atoms with Crippen LogP contribution < -0.4 is 26.0 Å². The van der Waals surface area contributed by atoms with Crippen LogP contribution in [-0.4, -0.2) is 67.1 Å². The SMILES string of the molecule is Cn1nc(CCCNC2NC=CCN2)c2cccc(C(=O)NCC(NS(=O)(=O)c3c(Cl)cccc3Cl)C(=O)O)c21. The minimum Gasteiger partial charge on any atom is -0.480 e. The first-order valence-corrected chi connectivity index (χ1v) is 14.6. The highest BCUT2D eigenvalue weighted by Crippen LogP contribution is 2.29. The van der Waals surface area contributed by atoms with Crippen molar-refractivity contribution >= 4 is 56.0 Å². The zero-order chi connectivity index (χ0) is 28.9. The number of aryl methyl sites for hydroxylation is 2. The van der Waals surface area contributed by atoms with E-state index in [1.54, 1.807) is 23.9 Å². The number of carboxylic acid groups (broad SMARTS) is 1. The van der Waals surface area contributed by atoms with Crippen LogP contribution in [0.25, 0.3) is 10.9 Å². The Kier molecular flexibility index (Phi) is 9.66. The lowest BCUT2D eigenvalue weighted by molar-refractivity contribution is -0.138. The van der Waals surface area contributed by atoms with Crippen molar-refractivity contribution in [1.82, 2.24) is 35.8 Å². The van der Waals surface area contributed by atoms with Crippen LogP contribution >= 0.6 is 23.2 Å². The number of rotatable bonds is 12. The Morgan fingerprint density at radius 1 is 1.20 bits per heavy atom. The Morgan fingerprint density at radius 2 is 1.93 bits per heavy atom. The fourth-order valence-corrected chi connectivity index (χ4v) is 6.67. The molecule has 1 aromatic heterocycles. The van der Waals surface area contributed by atoms with Gasteiger partial charge in [-0.1, -0.05) is 47.5 Å². The second-order valence-electron chi connectivity index (χ2n) is 9.01. The van der Waals surface area contributed by atoms with E-state index in [0.717, 1.165) is 30.6 Å². The first-order chi connectivity index (χ1) is 19.1. The quantitative estimate of drug-likeness (QED) is 0.167. The molecule has 12 nitrogen and oxygen atoms in total. The van der Waals surface area contributed by atoms with E-state index in [1.807, 2.05) is 18.3 Å². The number of amides is 1. The van der Waals surface area contributed by atoms with Gasteiger partial charge in [-0.25, -0.2) is 8.42 Å². The maximum Gasteiger partial charge on any atom is 0.323 e. The van der Waals surface area contributed by atoms with E-state index in [9.17, 15) is 23.1 Å². The molecule has 4 rings (SSSR count). The number of halogens is 2. The van der Waals surface area contributed by atoms with Gasteiger partial charge in [0.1, 0.15) is 17.2 Å². The summed E-state index contributed by atoms with van der Waals surface area (Å²) in [4.78, 5) is 24.5. The van der Waals surface area contributed by atoms with Crippen LogP contribution in [0.5, 0.6) is 0 Å². The second-order valence-corrected chi connectivity index (χ2v) is 11.5. The van der Waals surface area contributed by atoms with Gasteiger partial charge in [0.15, 0.2) is 0 Å². The van der Waals surface area contributed by atoms with Crippen molar-refractivity contribution in [2.45, 2.75) is 30.1 Å². The van der Waals surface area contributed by atoms with Crippen LogP contribution in [0.2, 0.25) is 10.0 Å². The first kappa shape index (κ1) is 29.8. The molecule has 0 fully saturated rings. The molecule has 1 amide bonds. The molecular weight excluding hydrogens is 581 g/mol. The van der Waals surface area contributed by atoms with Crippen molar-refractivity contribution in [3.63, 3.8) is 0 Å². The van der Waals surface area contributed by atoms with E-state index in [0.29, 0.717) is 11.9 Å². The molecule has 0 bridgehead atoms. The van der Waals surface area contributed by atoms with Crippen LogP contribution in [0.1, 0.15) is 22.5 Å². The van der Waals surface area contributed by atoms with Gasteiger partial charge in [0.25, 0.3) is 5.91 Å². The molecule has 2 heterocycles. The highest BCUT2D eigenvalue weighted by atomic mass is 35.5. The summed E-state index contributed by atoms with van der Waals surface area (Å²) in [6.45, 7) is 0.999. The molecule has 2 aromatic carbocycles. The molecule has 0 radical (unpaired) electrons. The van der Waals surface area contributed by atoms with Crippen molar-refractivity contribution in [2.24, 2.45) is 7.05 Å². The molecule has 40 heavy (non-hydrogen) atoms. The van der Waals surface area contributed by atoms with Gasteiger partial charge >= 0.3 is 5.97 Å². The largest absolute Gasteiger partial charge is 0.480 e. The Hall–Kier alpha value is -3.20. The van der Waals surface area contributed by atoms with Crippen molar-refractivity contribution in [3.05, 3.63) is 70.0 Å². The fraction of sp³-hybridized carbons (Fsp3) is 0.320. The summed E-state index contributed by atoms with van der Waals surface area (Å²) in [5.74, 6) is -2.07. The zero-order valence-corrected chi connectivity index (χ0v) is 23.8. The normalized spacial score (nSPS) is 16.0. The Labute approximate surface area is 241 Å². The maximum absolute atomic E-state index is 13.1. The second kappa shape index (κ2) is 13.0. The fourth-order valence-electron chi connectivity index (χ4n) is 4.33. The number of carboxylic acids is 1. The van der Waals surface area contributed by atoms with Crippen LogP contribution in [0.15, 0.2) is 53.6 Å². The molecule has 0 saturated heterocycles. The van der Waals surface area contributed by atoms with E-state index in [-0.39, 0.29) is 21.9 Å². The number of para-hydroxylation sites is 1. The van der Waals surface area contributed by atoms with E-state index >= 15 is 0 Å². The van der Waals surface area contributed by atoms with E-state index in [4.69, 9.17) is 23.2 Å². The lowest BCUT2D eigenvalue weighted by Gasteiger charge is -2.22. The van der Waals surface area contributed by atoms with Crippen LogP contribution in [0, 0.1) is 0 Å². The number of hydrogen-bond acceptors (Lipinski definition) is 8. The van der Waals surface area contributed by atoms with Crippen LogP contribution in [-0.2, 0) is 28.3 Å². The zero-order valence-electron chi connectivity index (χ0n) is 21.4. The molecule has 1 aliphatic rings. The van der Waals surface area contributed by atoms with Crippen molar-refractivity contribution < 1.29 is 23.1 Å². The molecule has 1 aliphatic heterocycles. The molecule has 6 N–H and O–H groups in total. The van der Waals surface area contributed by atoms with Gasteiger partial charge < -0.3 is 15.7 Å². The molecule has 0 saturated carbocycles. The van der Waals surface area contributed by atoms with Gasteiger partial charge in [-0.15, -0.1) is 0 Å². The van der Waals surface area contributed by atoms with Gasteiger partial charge in [0, 0.05) is 25.5 Å². The molecule has 2 atom stereocenters. The number of aromatic nitrogens is 2. The molecule has 15 heteroatoms. The number of nitrogens with zero attached hydrogens (tertiary/aromatic N) is 2. The van der Waals surface area contributed by atoms with Gasteiger partial charge in [-0.05, 0) is 43.8 Å². The number of hydrogen-bond donors (Lipinski definition) is 6. The number of benzene rings is 2. The Balaban J connectivity index is 1.43. The monoisotopic (exact) mass is 609 g/mol. The third-order valence-electron chi connectivity index (χ3n) is 6.20. The van der Waals surface area contributed by atoms with Crippen molar-refractivity contribution in [1.29, 1.82) is 0 Å². The van der Waals surface area contributed by atoms with Gasteiger partial charge in [-0.3, -0.25) is 24.9 Å². The summed E-state index contributed by atoms with van der Waals surface area (Å²) >= 11 is 12.0. The smallest absolute Gasteiger partial charge is 0.323 e. The highest BCUT2D eigenvalue weighted by Gasteiger charge is 2.29. The lowest BCUT2D eigenvalue weighted by atomic mass is 10.1. The minimum atomic E-state index is -4.41. The number of nitrogens with one attached hydrogen (secondary N) is 5. The summed E-state index contributed by atoms with van der Waals surface area (Å²) in [5.41, 5.74) is 1.69. The molecular formula is C25H29Cl2N7O5S. The van der Waals surface area contributed by atoms with Crippen molar-refractivity contribution in [3.8, 4) is 0 Å². The van der Waals surface area contributed by atoms with Gasteiger partial charge in [0.05, 0.1) is 26.8 Å². The highest BCUT2D eigenvalue weighted by molar-refractivity contribution is 7.89. The van der Waals surface area contributed by atoms with Gasteiger partial charge in [0.2, 0.25) is 10.0 Å². The van der Waals surface area contributed by atoms with E-state index in [2.05, 4.69) is 31.1 Å². The third kappa shape index (κ3) is 6.92. The summed E-state index contributed by atoms with van der Waals surface area (Å²) in [6, 6.07) is 7.62. The summed E-state index contributed by atoms with van der Waals surface area (Å²) < 4.78 is 29.3. The predicted octanol–water partition coefficient (Wildman–Crippen LogP) is 1.55.